The lowest BCUT2D eigenvalue weighted by atomic mass is 10.0. The summed E-state index contributed by atoms with van der Waals surface area (Å²) in [5, 5.41) is 10.5. The summed E-state index contributed by atoms with van der Waals surface area (Å²) in [5.41, 5.74) is 3.32. The molecule has 1 aliphatic rings. The van der Waals surface area contributed by atoms with Gasteiger partial charge in [-0.2, -0.15) is 0 Å². The van der Waals surface area contributed by atoms with Crippen LogP contribution in [-0.4, -0.2) is 23.3 Å². The number of urea groups is 1. The van der Waals surface area contributed by atoms with Gasteiger partial charge in [0.15, 0.2) is 0 Å². The van der Waals surface area contributed by atoms with E-state index in [0.29, 0.717) is 6.54 Å². The number of benzene rings is 1. The third-order valence-electron chi connectivity index (χ3n) is 2.99. The highest BCUT2D eigenvalue weighted by Gasteiger charge is 2.35. The number of carbonyl (C=O) groups is 1. The Balaban J connectivity index is 2.44. The van der Waals surface area contributed by atoms with Gasteiger partial charge in [0.2, 0.25) is 0 Å². The summed E-state index contributed by atoms with van der Waals surface area (Å²) in [6, 6.07) is 5.73. The fourth-order valence-electron chi connectivity index (χ4n) is 2.37. The molecule has 4 nitrogen and oxygen atoms in total. The van der Waals surface area contributed by atoms with Gasteiger partial charge in [-0.05, 0) is 26.3 Å². The Morgan fingerprint density at radius 3 is 2.41 bits per heavy atom. The van der Waals surface area contributed by atoms with E-state index in [4.69, 9.17) is 5.41 Å². The van der Waals surface area contributed by atoms with E-state index in [-0.39, 0.29) is 17.9 Å². The van der Waals surface area contributed by atoms with Crippen LogP contribution in [0.3, 0.4) is 0 Å². The van der Waals surface area contributed by atoms with Gasteiger partial charge in [-0.1, -0.05) is 29.3 Å². The Labute approximate surface area is 101 Å². The zero-order valence-corrected chi connectivity index (χ0v) is 10.4. The highest BCUT2D eigenvalue weighted by atomic mass is 16.2. The van der Waals surface area contributed by atoms with Crippen LogP contribution >= 0.6 is 0 Å². The van der Waals surface area contributed by atoms with Crippen LogP contribution in [0.4, 0.5) is 4.79 Å². The summed E-state index contributed by atoms with van der Waals surface area (Å²) in [6.45, 7) is 6.58. The predicted octanol–water partition coefficient (Wildman–Crippen LogP) is 2.37. The zero-order chi connectivity index (χ0) is 12.6. The molecule has 2 N–H and O–H groups in total. The number of hydrogen-bond acceptors (Lipinski definition) is 2. The number of likely N-dealkylation sites (N-methyl/N-ethyl adjacent to an activating group) is 1. The van der Waals surface area contributed by atoms with Gasteiger partial charge in [0, 0.05) is 6.54 Å². The lowest BCUT2D eigenvalue weighted by Crippen LogP contribution is -2.29. The Morgan fingerprint density at radius 2 is 1.88 bits per heavy atom. The second-order valence-electron chi connectivity index (χ2n) is 4.45. The number of aryl methyl sites for hydroxylation is 2. The minimum Gasteiger partial charge on any atom is -0.310 e. The summed E-state index contributed by atoms with van der Waals surface area (Å²) in [5.74, 6) is 0.266. The van der Waals surface area contributed by atoms with Crippen molar-refractivity contribution in [1.82, 2.24) is 10.2 Å². The number of nitrogens with zero attached hydrogens (tertiary/aromatic N) is 1. The quantitative estimate of drug-likeness (QED) is 0.806. The van der Waals surface area contributed by atoms with Gasteiger partial charge < -0.3 is 4.90 Å². The van der Waals surface area contributed by atoms with Crippen molar-refractivity contribution in [3.05, 3.63) is 34.9 Å². The number of hydrogen-bond donors (Lipinski definition) is 2. The molecule has 4 heteroatoms. The van der Waals surface area contributed by atoms with E-state index >= 15 is 0 Å². The standard InChI is InChI=1S/C13H17N3O/c1-4-16-11(12(14)15-13(16)17)10-6-8(2)5-9(3)7-10/h5-7,11H,4H2,1-3H3,(H2,14,15,17). The normalized spacial score (nSPS) is 19.7. The molecule has 0 aliphatic carbocycles. The van der Waals surface area contributed by atoms with Crippen molar-refractivity contribution >= 4 is 11.9 Å². The van der Waals surface area contributed by atoms with Crippen molar-refractivity contribution in [2.24, 2.45) is 0 Å². The second-order valence-corrected chi connectivity index (χ2v) is 4.45. The minimum absolute atomic E-state index is 0.179. The monoisotopic (exact) mass is 231 g/mol. The van der Waals surface area contributed by atoms with E-state index in [1.807, 2.05) is 32.9 Å². The summed E-state index contributed by atoms with van der Waals surface area (Å²) < 4.78 is 0. The Morgan fingerprint density at radius 1 is 1.29 bits per heavy atom. The summed E-state index contributed by atoms with van der Waals surface area (Å²) in [7, 11) is 0. The summed E-state index contributed by atoms with van der Waals surface area (Å²) in [6.07, 6.45) is 0. The number of amidine groups is 1. The molecule has 1 atom stereocenters. The van der Waals surface area contributed by atoms with Gasteiger partial charge >= 0.3 is 6.03 Å². The maximum Gasteiger partial charge on any atom is 0.323 e. The van der Waals surface area contributed by atoms with E-state index in [1.54, 1.807) is 4.90 Å². The maximum absolute atomic E-state index is 11.6. The van der Waals surface area contributed by atoms with Gasteiger partial charge in [0.1, 0.15) is 11.9 Å². The molecule has 2 rings (SSSR count). The van der Waals surface area contributed by atoms with Crippen molar-refractivity contribution in [3.63, 3.8) is 0 Å². The maximum atomic E-state index is 11.6. The smallest absolute Gasteiger partial charge is 0.310 e. The topological polar surface area (TPSA) is 56.2 Å². The van der Waals surface area contributed by atoms with Gasteiger partial charge in [0.05, 0.1) is 0 Å². The molecule has 1 saturated heterocycles. The first-order valence-corrected chi connectivity index (χ1v) is 5.77. The van der Waals surface area contributed by atoms with Crippen LogP contribution in [0.1, 0.15) is 29.7 Å². The van der Waals surface area contributed by atoms with Crippen LogP contribution < -0.4 is 5.32 Å². The molecular weight excluding hydrogens is 214 g/mol. The zero-order valence-electron chi connectivity index (χ0n) is 10.4. The van der Waals surface area contributed by atoms with Crippen molar-refractivity contribution in [2.45, 2.75) is 26.8 Å². The van der Waals surface area contributed by atoms with Gasteiger partial charge in [-0.25, -0.2) is 4.79 Å². The van der Waals surface area contributed by atoms with Crippen LogP contribution in [0.25, 0.3) is 0 Å². The lowest BCUT2D eigenvalue weighted by Gasteiger charge is -2.21. The highest BCUT2D eigenvalue weighted by Crippen LogP contribution is 2.27. The molecule has 90 valence electrons. The van der Waals surface area contributed by atoms with E-state index < -0.39 is 0 Å². The lowest BCUT2D eigenvalue weighted by molar-refractivity contribution is 0.209. The second kappa shape index (κ2) is 4.20. The molecule has 1 aromatic rings. The third-order valence-corrected chi connectivity index (χ3v) is 2.99. The predicted molar refractivity (Wildman–Crippen MR) is 67.3 cm³/mol. The number of carbonyl (C=O) groups excluding carboxylic acids is 1. The Bertz CT molecular complexity index is 461. The number of amides is 2. The van der Waals surface area contributed by atoms with Crippen LogP contribution in [0.15, 0.2) is 18.2 Å². The third kappa shape index (κ3) is 2.02. The molecule has 2 amide bonds. The molecule has 0 aromatic heterocycles. The largest absolute Gasteiger partial charge is 0.323 e. The molecule has 1 heterocycles. The molecule has 0 saturated carbocycles. The van der Waals surface area contributed by atoms with E-state index in [1.165, 1.54) is 0 Å². The molecule has 0 spiro atoms. The Hall–Kier alpha value is -1.84. The minimum atomic E-state index is -0.258. The molecule has 1 unspecified atom stereocenters. The average molecular weight is 231 g/mol. The van der Waals surface area contributed by atoms with E-state index in [0.717, 1.165) is 16.7 Å². The van der Waals surface area contributed by atoms with Gasteiger partial charge in [-0.3, -0.25) is 10.7 Å². The van der Waals surface area contributed by atoms with Crippen LogP contribution in [0.5, 0.6) is 0 Å². The van der Waals surface area contributed by atoms with E-state index in [2.05, 4.69) is 11.4 Å². The van der Waals surface area contributed by atoms with Crippen molar-refractivity contribution < 1.29 is 4.79 Å². The summed E-state index contributed by atoms with van der Waals surface area (Å²) >= 11 is 0. The van der Waals surface area contributed by atoms with Crippen molar-refractivity contribution in [2.75, 3.05) is 6.54 Å². The fraction of sp³-hybridized carbons (Fsp3) is 0.385. The first-order valence-electron chi connectivity index (χ1n) is 5.77. The molecular formula is C13H17N3O. The highest BCUT2D eigenvalue weighted by molar-refractivity contribution is 6.06. The number of rotatable bonds is 2. The van der Waals surface area contributed by atoms with Crippen molar-refractivity contribution in [3.8, 4) is 0 Å². The van der Waals surface area contributed by atoms with Crippen LogP contribution in [0.2, 0.25) is 0 Å². The summed E-state index contributed by atoms with van der Waals surface area (Å²) in [4.78, 5) is 13.3. The molecule has 0 bridgehead atoms. The molecule has 0 radical (unpaired) electrons. The molecule has 1 aliphatic heterocycles. The SMILES string of the molecule is CCN1C(=O)NC(=N)C1c1cc(C)cc(C)c1. The van der Waals surface area contributed by atoms with Crippen molar-refractivity contribution in [1.29, 1.82) is 5.41 Å². The fourth-order valence-corrected chi connectivity index (χ4v) is 2.37. The van der Waals surface area contributed by atoms with Crippen LogP contribution in [0, 0.1) is 19.3 Å². The van der Waals surface area contributed by atoms with Gasteiger partial charge in [0.25, 0.3) is 0 Å². The van der Waals surface area contributed by atoms with E-state index in [9.17, 15) is 4.79 Å². The molecule has 17 heavy (non-hydrogen) atoms. The number of nitrogens with one attached hydrogen (secondary N) is 2. The Kier molecular flexibility index (Phi) is 2.88. The average Bonchev–Trinajstić information content (AvgIpc) is 2.51. The van der Waals surface area contributed by atoms with Crippen LogP contribution in [-0.2, 0) is 0 Å². The first-order chi connectivity index (χ1) is 8.02. The van der Waals surface area contributed by atoms with Gasteiger partial charge in [-0.15, -0.1) is 0 Å². The molecule has 1 fully saturated rings. The first kappa shape index (κ1) is 11.6. The molecule has 1 aromatic carbocycles.